The van der Waals surface area contributed by atoms with Crippen LogP contribution in [-0.2, 0) is 24.3 Å². The zero-order chi connectivity index (χ0) is 17.8. The predicted octanol–water partition coefficient (Wildman–Crippen LogP) is 2.46. The van der Waals surface area contributed by atoms with Gasteiger partial charge in [-0.15, -0.1) is 17.9 Å². The molecule has 0 amide bonds. The Hall–Kier alpha value is -2.51. The summed E-state index contributed by atoms with van der Waals surface area (Å²) in [6, 6.07) is 7.86. The number of hydrogen-bond acceptors (Lipinski definition) is 5. The van der Waals surface area contributed by atoms with Crippen molar-refractivity contribution in [2.24, 2.45) is 0 Å². The van der Waals surface area contributed by atoms with Gasteiger partial charge in [0.2, 0.25) is 0 Å². The van der Waals surface area contributed by atoms with E-state index in [1.165, 1.54) is 4.57 Å². The summed E-state index contributed by atoms with van der Waals surface area (Å²) in [6.45, 7) is 6.13. The summed E-state index contributed by atoms with van der Waals surface area (Å²) in [4.78, 5) is 31.5. The fourth-order valence-corrected chi connectivity index (χ4v) is 3.64. The third-order valence-electron chi connectivity index (χ3n) is 3.84. The van der Waals surface area contributed by atoms with Gasteiger partial charge in [0.15, 0.2) is 0 Å². The fraction of sp³-hybridized carbons (Fsp3) is 0.278. The minimum Gasteiger partial charge on any atom is -0.361 e. The maximum Gasteiger partial charge on any atom is 0.330 e. The number of para-hydroxylation sites is 1. The van der Waals surface area contributed by atoms with E-state index in [0.717, 1.165) is 15.2 Å². The average Bonchev–Trinajstić information content (AvgIpc) is 3.00. The summed E-state index contributed by atoms with van der Waals surface area (Å²) in [5.41, 5.74) is 1.21. The van der Waals surface area contributed by atoms with Gasteiger partial charge in [-0.05, 0) is 25.5 Å². The molecule has 0 saturated heterocycles. The maximum absolute atomic E-state index is 12.3. The van der Waals surface area contributed by atoms with Crippen LogP contribution in [0.1, 0.15) is 23.2 Å². The van der Waals surface area contributed by atoms with Crippen LogP contribution in [0.25, 0.3) is 10.2 Å². The standard InChI is InChI=1S/C18H19N3O3S/c1-3-7-12-14(21(11-24-4-2)18(23)20-17(12)22)10-16-19-13-8-5-6-9-15(13)25-16/h3,5-6,8-9H,1,4,7,10-11H2,2H3,(H,20,22,23). The highest BCUT2D eigenvalue weighted by Crippen LogP contribution is 2.24. The number of allylic oxidation sites excluding steroid dienone is 1. The molecule has 7 heteroatoms. The highest BCUT2D eigenvalue weighted by molar-refractivity contribution is 7.18. The summed E-state index contributed by atoms with van der Waals surface area (Å²) >= 11 is 1.56. The number of fused-ring (bicyclic) bond motifs is 1. The highest BCUT2D eigenvalue weighted by atomic mass is 32.1. The number of thiazole rings is 1. The molecule has 3 aromatic rings. The summed E-state index contributed by atoms with van der Waals surface area (Å²) in [5, 5.41) is 0.849. The summed E-state index contributed by atoms with van der Waals surface area (Å²) in [7, 11) is 0. The fourth-order valence-electron chi connectivity index (χ4n) is 2.67. The molecule has 6 nitrogen and oxygen atoms in total. The van der Waals surface area contributed by atoms with Crippen LogP contribution in [0.4, 0.5) is 0 Å². The summed E-state index contributed by atoms with van der Waals surface area (Å²) in [6.07, 6.45) is 2.43. The number of nitrogens with one attached hydrogen (secondary N) is 1. The summed E-state index contributed by atoms with van der Waals surface area (Å²) < 4.78 is 7.95. The minimum absolute atomic E-state index is 0.0937. The van der Waals surface area contributed by atoms with Crippen molar-refractivity contribution >= 4 is 21.6 Å². The molecule has 1 aromatic carbocycles. The van der Waals surface area contributed by atoms with Crippen LogP contribution in [0.5, 0.6) is 0 Å². The quantitative estimate of drug-likeness (QED) is 0.659. The number of nitrogens with zero attached hydrogens (tertiary/aromatic N) is 2. The minimum atomic E-state index is -0.470. The van der Waals surface area contributed by atoms with Gasteiger partial charge in [0, 0.05) is 24.3 Å². The van der Waals surface area contributed by atoms with Gasteiger partial charge >= 0.3 is 5.69 Å². The summed E-state index contributed by atoms with van der Waals surface area (Å²) in [5.74, 6) is 0. The molecule has 0 atom stereocenters. The van der Waals surface area contributed by atoms with Crippen LogP contribution in [0.15, 0.2) is 46.5 Å². The molecule has 0 bridgehead atoms. The van der Waals surface area contributed by atoms with Gasteiger partial charge in [-0.2, -0.15) is 0 Å². The van der Waals surface area contributed by atoms with Crippen LogP contribution in [0.3, 0.4) is 0 Å². The Morgan fingerprint density at radius 3 is 2.88 bits per heavy atom. The Labute approximate surface area is 148 Å². The van der Waals surface area contributed by atoms with Crippen LogP contribution in [-0.4, -0.2) is 21.1 Å². The van der Waals surface area contributed by atoms with E-state index in [2.05, 4.69) is 16.5 Å². The third kappa shape index (κ3) is 3.62. The Morgan fingerprint density at radius 2 is 2.16 bits per heavy atom. The normalized spacial score (nSPS) is 11.1. The van der Waals surface area contributed by atoms with Crippen LogP contribution >= 0.6 is 11.3 Å². The number of ether oxygens (including phenoxy) is 1. The van der Waals surface area contributed by atoms with Gasteiger partial charge in [-0.25, -0.2) is 9.78 Å². The molecule has 0 aliphatic carbocycles. The van der Waals surface area contributed by atoms with Gasteiger partial charge in [-0.3, -0.25) is 14.3 Å². The van der Waals surface area contributed by atoms with E-state index >= 15 is 0 Å². The Bertz CT molecular complexity index is 983. The van der Waals surface area contributed by atoms with E-state index in [1.54, 1.807) is 17.4 Å². The first-order chi connectivity index (χ1) is 12.1. The zero-order valence-corrected chi connectivity index (χ0v) is 14.8. The largest absolute Gasteiger partial charge is 0.361 e. The molecule has 2 aromatic heterocycles. The molecule has 0 saturated carbocycles. The molecule has 0 spiro atoms. The van der Waals surface area contributed by atoms with Crippen molar-refractivity contribution in [1.29, 1.82) is 0 Å². The van der Waals surface area contributed by atoms with Crippen molar-refractivity contribution < 1.29 is 4.74 Å². The van der Waals surface area contributed by atoms with E-state index < -0.39 is 5.69 Å². The second-order valence-electron chi connectivity index (χ2n) is 5.48. The average molecular weight is 357 g/mol. The van der Waals surface area contributed by atoms with Gasteiger partial charge in [0.1, 0.15) is 6.73 Å². The Balaban J connectivity index is 2.11. The molecule has 1 N–H and O–H groups in total. The number of hydrogen-bond donors (Lipinski definition) is 1. The molecule has 0 unspecified atom stereocenters. The molecule has 0 aliphatic rings. The molecular formula is C18H19N3O3S. The van der Waals surface area contributed by atoms with Crippen molar-refractivity contribution in [3.05, 3.63) is 74.0 Å². The first-order valence-electron chi connectivity index (χ1n) is 8.02. The van der Waals surface area contributed by atoms with Crippen molar-refractivity contribution in [2.75, 3.05) is 6.61 Å². The van der Waals surface area contributed by atoms with Crippen molar-refractivity contribution in [2.45, 2.75) is 26.5 Å². The van der Waals surface area contributed by atoms with Crippen molar-refractivity contribution in [3.8, 4) is 0 Å². The maximum atomic E-state index is 12.3. The molecule has 0 fully saturated rings. The number of aromatic nitrogens is 3. The number of benzene rings is 1. The topological polar surface area (TPSA) is 77.0 Å². The van der Waals surface area contributed by atoms with Gasteiger partial charge in [0.25, 0.3) is 5.56 Å². The lowest BCUT2D eigenvalue weighted by atomic mass is 10.1. The third-order valence-corrected chi connectivity index (χ3v) is 4.88. The first kappa shape index (κ1) is 17.3. The second kappa shape index (κ2) is 7.58. The number of aromatic amines is 1. The molecule has 0 aliphatic heterocycles. The molecule has 130 valence electrons. The monoisotopic (exact) mass is 357 g/mol. The Kier molecular flexibility index (Phi) is 5.25. The van der Waals surface area contributed by atoms with E-state index in [4.69, 9.17) is 4.74 Å². The lowest BCUT2D eigenvalue weighted by molar-refractivity contribution is 0.0822. The number of rotatable bonds is 7. The van der Waals surface area contributed by atoms with Gasteiger partial charge in [-0.1, -0.05) is 18.2 Å². The lowest BCUT2D eigenvalue weighted by Crippen LogP contribution is -2.36. The van der Waals surface area contributed by atoms with Crippen molar-refractivity contribution in [1.82, 2.24) is 14.5 Å². The predicted molar refractivity (Wildman–Crippen MR) is 99.3 cm³/mol. The van der Waals surface area contributed by atoms with E-state index in [9.17, 15) is 9.59 Å². The number of H-pyrrole nitrogens is 1. The molecule has 25 heavy (non-hydrogen) atoms. The van der Waals surface area contributed by atoms with Gasteiger partial charge < -0.3 is 4.74 Å². The second-order valence-corrected chi connectivity index (χ2v) is 6.59. The van der Waals surface area contributed by atoms with E-state index in [1.807, 2.05) is 31.2 Å². The van der Waals surface area contributed by atoms with Crippen LogP contribution in [0, 0.1) is 0 Å². The van der Waals surface area contributed by atoms with Crippen LogP contribution in [0.2, 0.25) is 0 Å². The molecule has 0 radical (unpaired) electrons. The molecule has 2 heterocycles. The molecule has 3 rings (SSSR count). The highest BCUT2D eigenvalue weighted by Gasteiger charge is 2.16. The first-order valence-corrected chi connectivity index (χ1v) is 8.83. The van der Waals surface area contributed by atoms with E-state index in [-0.39, 0.29) is 12.3 Å². The SMILES string of the molecule is C=CCc1c(Cc2nc3ccccc3s2)n(COCC)c(=O)[nH]c1=O. The van der Waals surface area contributed by atoms with Crippen molar-refractivity contribution in [3.63, 3.8) is 0 Å². The smallest absolute Gasteiger partial charge is 0.330 e. The Morgan fingerprint density at radius 1 is 1.36 bits per heavy atom. The van der Waals surface area contributed by atoms with Crippen LogP contribution < -0.4 is 11.2 Å². The lowest BCUT2D eigenvalue weighted by Gasteiger charge is -2.14. The van der Waals surface area contributed by atoms with Gasteiger partial charge in [0.05, 0.1) is 15.2 Å². The van der Waals surface area contributed by atoms with E-state index in [0.29, 0.717) is 30.7 Å². The zero-order valence-electron chi connectivity index (χ0n) is 13.9. The molecular weight excluding hydrogens is 338 g/mol.